The van der Waals surface area contributed by atoms with Crippen LogP contribution in [0, 0.1) is 5.92 Å². The van der Waals surface area contributed by atoms with Gasteiger partial charge in [-0.25, -0.2) is 4.79 Å². The molecule has 0 aliphatic carbocycles. The van der Waals surface area contributed by atoms with E-state index >= 15 is 0 Å². The minimum Gasteiger partial charge on any atom is -0.380 e. The first-order valence-electron chi connectivity index (χ1n) is 8.08. The van der Waals surface area contributed by atoms with Gasteiger partial charge < -0.3 is 19.9 Å². The minimum absolute atomic E-state index is 0.00874. The van der Waals surface area contributed by atoms with Gasteiger partial charge in [-0.15, -0.1) is 11.8 Å². The molecule has 128 valence electrons. The third kappa shape index (κ3) is 6.81. The molecule has 0 unspecified atom stereocenters. The van der Waals surface area contributed by atoms with Crippen molar-refractivity contribution < 1.29 is 9.53 Å². The zero-order valence-corrected chi connectivity index (χ0v) is 14.8. The van der Waals surface area contributed by atoms with Crippen molar-refractivity contribution in [3.8, 4) is 0 Å². The molecule has 0 aromatic heterocycles. The number of nitrogens with one attached hydrogen (secondary N) is 1. The van der Waals surface area contributed by atoms with Crippen LogP contribution < -0.4 is 5.32 Å². The number of carbonyl (C=O) groups is 1. The normalized spacial score (nSPS) is 19.1. The smallest absolute Gasteiger partial charge is 0.317 e. The van der Waals surface area contributed by atoms with Gasteiger partial charge in [-0.3, -0.25) is 0 Å². The van der Waals surface area contributed by atoms with Gasteiger partial charge in [-0.2, -0.15) is 0 Å². The third-order valence-corrected chi connectivity index (χ3v) is 4.86. The maximum Gasteiger partial charge on any atom is 0.317 e. The molecule has 1 heterocycles. The highest BCUT2D eigenvalue weighted by Gasteiger charge is 2.17. The molecule has 1 atom stereocenters. The van der Waals surface area contributed by atoms with Crippen molar-refractivity contribution in [1.82, 2.24) is 15.1 Å². The highest BCUT2D eigenvalue weighted by molar-refractivity contribution is 7.99. The van der Waals surface area contributed by atoms with Crippen molar-refractivity contribution in [3.05, 3.63) is 30.3 Å². The molecule has 0 bridgehead atoms. The monoisotopic (exact) mass is 337 g/mol. The molecule has 1 aromatic carbocycles. The number of amides is 2. The van der Waals surface area contributed by atoms with E-state index < -0.39 is 0 Å². The molecule has 1 N–H and O–H groups in total. The molecule has 6 heteroatoms. The summed E-state index contributed by atoms with van der Waals surface area (Å²) in [7, 11) is 3.94. The van der Waals surface area contributed by atoms with E-state index in [0.717, 1.165) is 38.6 Å². The van der Waals surface area contributed by atoms with Crippen LogP contribution in [0.25, 0.3) is 0 Å². The summed E-state index contributed by atoms with van der Waals surface area (Å²) in [6, 6.07) is 10.2. The number of hydrogen-bond donors (Lipinski definition) is 1. The van der Waals surface area contributed by atoms with Crippen LogP contribution in [0.2, 0.25) is 0 Å². The third-order valence-electron chi connectivity index (χ3n) is 3.87. The van der Waals surface area contributed by atoms with E-state index in [1.54, 1.807) is 16.7 Å². The molecule has 1 aromatic rings. The lowest BCUT2D eigenvalue weighted by atomic mass is 10.1. The number of likely N-dealkylation sites (N-methyl/N-ethyl adjacent to an activating group) is 1. The van der Waals surface area contributed by atoms with E-state index in [0.29, 0.717) is 12.5 Å². The van der Waals surface area contributed by atoms with Gasteiger partial charge in [0.15, 0.2) is 0 Å². The lowest BCUT2D eigenvalue weighted by molar-refractivity contribution is 0.121. The predicted molar refractivity (Wildman–Crippen MR) is 95.0 cm³/mol. The van der Waals surface area contributed by atoms with Crippen molar-refractivity contribution in [1.29, 1.82) is 0 Å². The van der Waals surface area contributed by atoms with Gasteiger partial charge in [0.05, 0.1) is 13.2 Å². The number of hydrogen-bond acceptors (Lipinski definition) is 4. The second-order valence-corrected chi connectivity index (χ2v) is 7.14. The Balaban J connectivity index is 1.64. The maximum atomic E-state index is 12.1. The van der Waals surface area contributed by atoms with Crippen molar-refractivity contribution >= 4 is 17.8 Å². The predicted octanol–water partition coefficient (Wildman–Crippen LogP) is 2.00. The van der Waals surface area contributed by atoms with E-state index in [9.17, 15) is 4.79 Å². The molecule has 0 radical (unpaired) electrons. The van der Waals surface area contributed by atoms with E-state index in [-0.39, 0.29) is 6.03 Å². The number of urea groups is 1. The first kappa shape index (κ1) is 18.1. The van der Waals surface area contributed by atoms with Crippen LogP contribution in [0.5, 0.6) is 0 Å². The van der Waals surface area contributed by atoms with Crippen LogP contribution in [0.4, 0.5) is 4.79 Å². The Hall–Kier alpha value is -1.24. The molecule has 2 rings (SSSR count). The van der Waals surface area contributed by atoms with Crippen molar-refractivity contribution in [2.75, 3.05) is 59.2 Å². The molecular formula is C17H27N3O2S. The summed E-state index contributed by atoms with van der Waals surface area (Å²) >= 11 is 1.77. The fourth-order valence-corrected chi connectivity index (χ4v) is 3.41. The topological polar surface area (TPSA) is 44.8 Å². The van der Waals surface area contributed by atoms with E-state index in [2.05, 4.69) is 29.4 Å². The van der Waals surface area contributed by atoms with Gasteiger partial charge >= 0.3 is 6.03 Å². The number of nitrogens with zero attached hydrogens (tertiary/aromatic N) is 2. The fraction of sp³-hybridized carbons (Fsp3) is 0.588. The van der Waals surface area contributed by atoms with Crippen LogP contribution in [0.1, 0.15) is 0 Å². The zero-order valence-electron chi connectivity index (χ0n) is 14.0. The van der Waals surface area contributed by atoms with Gasteiger partial charge in [-0.05, 0) is 19.2 Å². The fourth-order valence-electron chi connectivity index (χ4n) is 2.46. The molecular weight excluding hydrogens is 310 g/mol. The molecule has 1 saturated heterocycles. The van der Waals surface area contributed by atoms with Gasteiger partial charge in [0.2, 0.25) is 0 Å². The number of carbonyl (C=O) groups excluding carboxylic acids is 1. The summed E-state index contributed by atoms with van der Waals surface area (Å²) < 4.78 is 5.57. The summed E-state index contributed by atoms with van der Waals surface area (Å²) in [4.78, 5) is 17.4. The molecule has 0 saturated carbocycles. The number of thioether (sulfide) groups is 1. The van der Waals surface area contributed by atoms with Crippen LogP contribution >= 0.6 is 11.8 Å². The maximum absolute atomic E-state index is 12.1. The van der Waals surface area contributed by atoms with Crippen molar-refractivity contribution in [2.24, 2.45) is 5.92 Å². The highest BCUT2D eigenvalue weighted by atomic mass is 32.2. The van der Waals surface area contributed by atoms with E-state index in [4.69, 9.17) is 4.74 Å². The molecule has 5 nitrogen and oxygen atoms in total. The van der Waals surface area contributed by atoms with Crippen LogP contribution in [0.15, 0.2) is 35.2 Å². The van der Waals surface area contributed by atoms with E-state index in [1.807, 2.05) is 25.2 Å². The molecule has 2 amide bonds. The van der Waals surface area contributed by atoms with Gasteiger partial charge in [0.1, 0.15) is 0 Å². The van der Waals surface area contributed by atoms with Crippen LogP contribution in [-0.4, -0.2) is 75.1 Å². The number of benzene rings is 1. The lowest BCUT2D eigenvalue weighted by Crippen LogP contribution is -2.42. The van der Waals surface area contributed by atoms with Gasteiger partial charge in [0.25, 0.3) is 0 Å². The summed E-state index contributed by atoms with van der Waals surface area (Å²) in [5, 5.41) is 3.02. The summed E-state index contributed by atoms with van der Waals surface area (Å²) in [5.74, 6) is 1.25. The summed E-state index contributed by atoms with van der Waals surface area (Å²) in [5.41, 5.74) is 0. The lowest BCUT2D eigenvalue weighted by Gasteiger charge is -2.22. The average Bonchev–Trinajstić information content (AvgIpc) is 2.77. The quantitative estimate of drug-likeness (QED) is 0.807. The van der Waals surface area contributed by atoms with Crippen molar-refractivity contribution in [3.63, 3.8) is 0 Å². The Kier molecular flexibility index (Phi) is 7.71. The Labute approximate surface area is 143 Å². The standard InChI is InChI=1S/C17H27N3O2S/c1-19-8-10-22-14-15(13-19)12-18-17(21)20(2)9-11-23-16-6-4-3-5-7-16/h3-7,15H,8-14H2,1-2H3,(H,18,21)/t15-/m0/s1. The van der Waals surface area contributed by atoms with Gasteiger partial charge in [0, 0.05) is 49.8 Å². The molecule has 0 spiro atoms. The minimum atomic E-state index is -0.00874. The average molecular weight is 337 g/mol. The first-order valence-corrected chi connectivity index (χ1v) is 9.07. The molecule has 1 aliphatic rings. The summed E-state index contributed by atoms with van der Waals surface area (Å²) in [6.07, 6.45) is 0. The molecule has 1 fully saturated rings. The Morgan fingerprint density at radius 3 is 3.00 bits per heavy atom. The Morgan fingerprint density at radius 2 is 2.22 bits per heavy atom. The van der Waals surface area contributed by atoms with Crippen molar-refractivity contribution in [2.45, 2.75) is 4.90 Å². The SMILES string of the molecule is CN1CCOC[C@@H](CNC(=O)N(C)CCSc2ccccc2)C1. The van der Waals surface area contributed by atoms with E-state index in [1.165, 1.54) is 4.90 Å². The molecule has 1 aliphatic heterocycles. The first-order chi connectivity index (χ1) is 11.1. The second-order valence-electron chi connectivity index (χ2n) is 5.97. The second kappa shape index (κ2) is 9.80. The van der Waals surface area contributed by atoms with Gasteiger partial charge in [-0.1, -0.05) is 18.2 Å². The number of ether oxygens (including phenoxy) is 1. The molecule has 23 heavy (non-hydrogen) atoms. The summed E-state index contributed by atoms with van der Waals surface area (Å²) in [6.45, 7) is 4.82. The Bertz CT molecular complexity index is 472. The number of rotatable bonds is 6. The van der Waals surface area contributed by atoms with Crippen LogP contribution in [-0.2, 0) is 4.74 Å². The Morgan fingerprint density at radius 1 is 1.43 bits per heavy atom. The zero-order chi connectivity index (χ0) is 16.5. The largest absolute Gasteiger partial charge is 0.380 e. The van der Waals surface area contributed by atoms with Crippen LogP contribution in [0.3, 0.4) is 0 Å². The highest BCUT2D eigenvalue weighted by Crippen LogP contribution is 2.16.